The first-order valence-electron chi connectivity index (χ1n) is 9.05. The first kappa shape index (κ1) is 21.0. The predicted octanol–water partition coefficient (Wildman–Crippen LogP) is 2.95. The second kappa shape index (κ2) is 9.67. The average Bonchev–Trinajstić information content (AvgIpc) is 3.13. The monoisotopic (exact) mass is 461 g/mol. The van der Waals surface area contributed by atoms with Gasteiger partial charge >= 0.3 is 12.1 Å². The fourth-order valence-electron chi connectivity index (χ4n) is 2.99. The van der Waals surface area contributed by atoms with E-state index in [4.69, 9.17) is 9.47 Å². The number of β-amino-alcohol motifs (C(OH)–C–C–N with tert-alkyl or cyclic N) is 1. The quantitative estimate of drug-likeness (QED) is 0.524. The number of amides is 1. The highest BCUT2D eigenvalue weighted by Gasteiger charge is 2.41. The van der Waals surface area contributed by atoms with Crippen molar-refractivity contribution >= 4 is 33.8 Å². The maximum absolute atomic E-state index is 12.4. The third-order valence-corrected chi connectivity index (χ3v) is 5.03. The standard InChI is InChI=1S/C21H20BrNO6/c22-16-8-6-15(7-9-16)19(25)13-28-20(26)18-10-17(24)11-23(18)21(27)29-12-14-4-2-1-3-5-14/h1-9,17-18,24H,10-13H2/t17-,18+/m1/s1. The Bertz CT molecular complexity index is 870. The van der Waals surface area contributed by atoms with E-state index in [1.54, 1.807) is 24.3 Å². The zero-order chi connectivity index (χ0) is 20.8. The number of Topliss-reactive ketones (excluding diaryl/α,β-unsaturated/α-hetero) is 1. The predicted molar refractivity (Wildman–Crippen MR) is 107 cm³/mol. The number of nitrogens with zero attached hydrogens (tertiary/aromatic N) is 1. The highest BCUT2D eigenvalue weighted by Crippen LogP contribution is 2.21. The molecule has 3 rings (SSSR count). The molecule has 7 nitrogen and oxygen atoms in total. The summed E-state index contributed by atoms with van der Waals surface area (Å²) in [7, 11) is 0. The number of halogens is 1. The van der Waals surface area contributed by atoms with Gasteiger partial charge in [-0.25, -0.2) is 9.59 Å². The van der Waals surface area contributed by atoms with Crippen LogP contribution in [0.2, 0.25) is 0 Å². The van der Waals surface area contributed by atoms with Crippen LogP contribution in [0.5, 0.6) is 0 Å². The minimum absolute atomic E-state index is 0.0335. The van der Waals surface area contributed by atoms with E-state index in [9.17, 15) is 19.5 Å². The number of hydrogen-bond donors (Lipinski definition) is 1. The van der Waals surface area contributed by atoms with Gasteiger partial charge in [0.05, 0.1) is 12.6 Å². The van der Waals surface area contributed by atoms with Gasteiger partial charge in [-0.05, 0) is 17.7 Å². The van der Waals surface area contributed by atoms with Crippen LogP contribution in [0.15, 0.2) is 59.1 Å². The lowest BCUT2D eigenvalue weighted by molar-refractivity contribution is -0.147. The van der Waals surface area contributed by atoms with E-state index < -0.39 is 30.8 Å². The van der Waals surface area contributed by atoms with Gasteiger partial charge in [-0.2, -0.15) is 0 Å². The maximum Gasteiger partial charge on any atom is 0.410 e. The third kappa shape index (κ3) is 5.65. The Morgan fingerprint density at radius 1 is 1.03 bits per heavy atom. The van der Waals surface area contributed by atoms with Gasteiger partial charge in [0.25, 0.3) is 0 Å². The smallest absolute Gasteiger partial charge is 0.410 e. The van der Waals surface area contributed by atoms with Crippen molar-refractivity contribution in [3.8, 4) is 0 Å². The van der Waals surface area contributed by atoms with Gasteiger partial charge in [0.2, 0.25) is 0 Å². The van der Waals surface area contributed by atoms with Crippen LogP contribution in [0.25, 0.3) is 0 Å². The van der Waals surface area contributed by atoms with Crippen molar-refractivity contribution in [1.82, 2.24) is 4.90 Å². The Morgan fingerprint density at radius 3 is 2.41 bits per heavy atom. The molecule has 2 aromatic rings. The van der Waals surface area contributed by atoms with E-state index in [0.29, 0.717) is 5.56 Å². The molecule has 8 heteroatoms. The Labute approximate surface area is 176 Å². The van der Waals surface area contributed by atoms with E-state index in [-0.39, 0.29) is 25.4 Å². The minimum atomic E-state index is -0.994. The van der Waals surface area contributed by atoms with Gasteiger partial charge in [0.15, 0.2) is 12.4 Å². The number of hydrogen-bond acceptors (Lipinski definition) is 6. The summed E-state index contributed by atoms with van der Waals surface area (Å²) in [6.45, 7) is -0.426. The molecule has 1 N–H and O–H groups in total. The van der Waals surface area contributed by atoms with Crippen molar-refractivity contribution < 1.29 is 29.0 Å². The Morgan fingerprint density at radius 2 is 1.72 bits per heavy atom. The van der Waals surface area contributed by atoms with E-state index in [0.717, 1.165) is 14.9 Å². The first-order valence-corrected chi connectivity index (χ1v) is 9.84. The molecule has 152 valence electrons. The molecule has 29 heavy (non-hydrogen) atoms. The van der Waals surface area contributed by atoms with Crippen molar-refractivity contribution in [1.29, 1.82) is 0 Å². The molecule has 0 saturated carbocycles. The maximum atomic E-state index is 12.4. The molecule has 2 atom stereocenters. The highest BCUT2D eigenvalue weighted by molar-refractivity contribution is 9.10. The van der Waals surface area contributed by atoms with Crippen LogP contribution in [0.3, 0.4) is 0 Å². The first-order chi connectivity index (χ1) is 13.9. The molecule has 1 heterocycles. The lowest BCUT2D eigenvalue weighted by Crippen LogP contribution is -2.42. The summed E-state index contributed by atoms with van der Waals surface area (Å²) >= 11 is 3.29. The third-order valence-electron chi connectivity index (χ3n) is 4.50. The molecule has 1 fully saturated rings. The zero-order valence-corrected chi connectivity index (χ0v) is 17.1. The van der Waals surface area contributed by atoms with Crippen LogP contribution < -0.4 is 0 Å². The molecule has 0 radical (unpaired) electrons. The summed E-state index contributed by atoms with van der Waals surface area (Å²) < 4.78 is 11.2. The second-order valence-corrected chi connectivity index (χ2v) is 7.55. The van der Waals surface area contributed by atoms with Crippen LogP contribution in [0, 0.1) is 0 Å². The molecule has 0 spiro atoms. The van der Waals surface area contributed by atoms with Crippen LogP contribution in [0.1, 0.15) is 22.3 Å². The average molecular weight is 462 g/mol. The Balaban J connectivity index is 1.55. The topological polar surface area (TPSA) is 93.1 Å². The number of ketones is 1. The minimum Gasteiger partial charge on any atom is -0.456 e. The van der Waals surface area contributed by atoms with Gasteiger partial charge in [-0.1, -0.05) is 58.4 Å². The lowest BCUT2D eigenvalue weighted by Gasteiger charge is -2.22. The molecule has 2 aromatic carbocycles. The van der Waals surface area contributed by atoms with Gasteiger partial charge in [-0.3, -0.25) is 9.69 Å². The number of aliphatic hydroxyl groups is 1. The number of carbonyl (C=O) groups excluding carboxylic acids is 3. The molecule has 0 bridgehead atoms. The van der Waals surface area contributed by atoms with Gasteiger partial charge in [-0.15, -0.1) is 0 Å². The van der Waals surface area contributed by atoms with Gasteiger partial charge in [0, 0.05) is 16.5 Å². The molecular weight excluding hydrogens is 442 g/mol. The molecular formula is C21H20BrNO6. The number of benzene rings is 2. The van der Waals surface area contributed by atoms with Crippen LogP contribution >= 0.6 is 15.9 Å². The number of rotatable bonds is 6. The summed E-state index contributed by atoms with van der Waals surface area (Å²) in [5, 5.41) is 9.91. The summed E-state index contributed by atoms with van der Waals surface area (Å²) in [6.07, 6.45) is -1.54. The van der Waals surface area contributed by atoms with Crippen molar-refractivity contribution in [2.24, 2.45) is 0 Å². The number of aliphatic hydroxyl groups excluding tert-OH is 1. The number of esters is 1. The number of ether oxygens (including phenoxy) is 2. The summed E-state index contributed by atoms with van der Waals surface area (Å²) in [5.41, 5.74) is 1.21. The zero-order valence-electron chi connectivity index (χ0n) is 15.5. The molecule has 1 amide bonds. The molecule has 1 aliphatic rings. The largest absolute Gasteiger partial charge is 0.456 e. The van der Waals surface area contributed by atoms with Crippen LogP contribution in [-0.4, -0.2) is 53.1 Å². The highest BCUT2D eigenvalue weighted by atomic mass is 79.9. The lowest BCUT2D eigenvalue weighted by atomic mass is 10.1. The molecule has 1 aliphatic heterocycles. The van der Waals surface area contributed by atoms with Crippen molar-refractivity contribution in [3.05, 3.63) is 70.2 Å². The van der Waals surface area contributed by atoms with E-state index in [1.165, 1.54) is 0 Å². The van der Waals surface area contributed by atoms with Gasteiger partial charge in [0.1, 0.15) is 12.6 Å². The summed E-state index contributed by atoms with van der Waals surface area (Å²) in [5.74, 6) is -1.11. The normalized spacial score (nSPS) is 18.3. The molecule has 1 saturated heterocycles. The summed E-state index contributed by atoms with van der Waals surface area (Å²) in [4.78, 5) is 38.1. The molecule has 0 unspecified atom stereocenters. The Kier molecular flexibility index (Phi) is 7.00. The second-order valence-electron chi connectivity index (χ2n) is 6.64. The Hall–Kier alpha value is -2.71. The van der Waals surface area contributed by atoms with Crippen molar-refractivity contribution in [2.75, 3.05) is 13.2 Å². The van der Waals surface area contributed by atoms with E-state index >= 15 is 0 Å². The number of likely N-dealkylation sites (tertiary alicyclic amines) is 1. The van der Waals surface area contributed by atoms with Gasteiger partial charge < -0.3 is 14.6 Å². The molecule has 0 aliphatic carbocycles. The fourth-order valence-corrected chi connectivity index (χ4v) is 3.26. The van der Waals surface area contributed by atoms with Crippen LogP contribution in [0.4, 0.5) is 4.79 Å². The molecule has 0 aromatic heterocycles. The SMILES string of the molecule is O=C(COC(=O)[C@@H]1C[C@@H](O)CN1C(=O)OCc1ccccc1)c1ccc(Br)cc1. The van der Waals surface area contributed by atoms with Crippen LogP contribution in [-0.2, 0) is 20.9 Å². The van der Waals surface area contributed by atoms with Crippen molar-refractivity contribution in [2.45, 2.75) is 25.2 Å². The number of carbonyl (C=O) groups is 3. The fraction of sp³-hybridized carbons (Fsp3) is 0.286. The van der Waals surface area contributed by atoms with E-state index in [2.05, 4.69) is 15.9 Å². The van der Waals surface area contributed by atoms with Crippen molar-refractivity contribution in [3.63, 3.8) is 0 Å². The van der Waals surface area contributed by atoms with E-state index in [1.807, 2.05) is 30.3 Å². The summed E-state index contributed by atoms with van der Waals surface area (Å²) in [6, 6.07) is 14.8.